The third-order valence-corrected chi connectivity index (χ3v) is 5.03. The highest BCUT2D eigenvalue weighted by Gasteiger charge is 2.19. The minimum Gasteiger partial charge on any atom is -0.326 e. The van der Waals surface area contributed by atoms with E-state index in [1.54, 1.807) is 30.3 Å². The topological polar surface area (TPSA) is 95.6 Å². The Balaban J connectivity index is 2.08. The van der Waals surface area contributed by atoms with Crippen molar-refractivity contribution in [2.45, 2.75) is 20.3 Å². The number of rotatable bonds is 7. The Kier molecular flexibility index (Phi) is 6.57. The van der Waals surface area contributed by atoms with Gasteiger partial charge >= 0.3 is 0 Å². The van der Waals surface area contributed by atoms with Crippen LogP contribution in [0.3, 0.4) is 0 Å². The molecular formula is C19H23N3O4S. The summed E-state index contributed by atoms with van der Waals surface area (Å²) in [7, 11) is -3.56. The van der Waals surface area contributed by atoms with Gasteiger partial charge in [0.1, 0.15) is 0 Å². The fraction of sp³-hybridized carbons (Fsp3) is 0.263. The maximum Gasteiger partial charge on any atom is 0.232 e. The number of carbonyl (C=O) groups excluding carboxylic acids is 2. The maximum atomic E-state index is 12.2. The lowest BCUT2D eigenvalue weighted by atomic mass is 10.2. The fourth-order valence-corrected chi connectivity index (χ4v) is 3.46. The molecule has 0 aliphatic heterocycles. The molecule has 0 aliphatic carbocycles. The van der Waals surface area contributed by atoms with Crippen molar-refractivity contribution in [2.75, 3.05) is 27.7 Å². The number of hydrogen-bond donors (Lipinski definition) is 2. The second kappa shape index (κ2) is 8.68. The SMILES string of the molecule is CC(=O)Nc1ccc(N(CCC(=O)Nc2ccccc2C)S(C)(=O)=O)cc1. The summed E-state index contributed by atoms with van der Waals surface area (Å²) in [4.78, 5) is 23.3. The van der Waals surface area contributed by atoms with Gasteiger partial charge in [0, 0.05) is 31.3 Å². The number of para-hydroxylation sites is 1. The average molecular weight is 389 g/mol. The molecule has 0 spiro atoms. The number of anilines is 3. The zero-order chi connectivity index (χ0) is 20.0. The molecule has 0 saturated heterocycles. The van der Waals surface area contributed by atoms with Crippen LogP contribution in [0.15, 0.2) is 48.5 Å². The van der Waals surface area contributed by atoms with Gasteiger partial charge in [0.15, 0.2) is 0 Å². The summed E-state index contributed by atoms with van der Waals surface area (Å²) in [5.74, 6) is -0.483. The normalized spacial score (nSPS) is 10.9. The monoisotopic (exact) mass is 389 g/mol. The standard InChI is InChI=1S/C19H23N3O4S/c1-14-6-4-5-7-18(14)21-19(24)12-13-22(27(3,25)26)17-10-8-16(9-11-17)20-15(2)23/h4-11H,12-13H2,1-3H3,(H,20,23)(H,21,24). The minimum atomic E-state index is -3.56. The lowest BCUT2D eigenvalue weighted by molar-refractivity contribution is -0.116. The highest BCUT2D eigenvalue weighted by atomic mass is 32.2. The molecule has 0 fully saturated rings. The van der Waals surface area contributed by atoms with Crippen LogP contribution in [-0.4, -0.2) is 33.0 Å². The van der Waals surface area contributed by atoms with Gasteiger partial charge in [-0.1, -0.05) is 18.2 Å². The zero-order valence-corrected chi connectivity index (χ0v) is 16.3. The highest BCUT2D eigenvalue weighted by Crippen LogP contribution is 2.21. The molecule has 0 radical (unpaired) electrons. The summed E-state index contributed by atoms with van der Waals surface area (Å²) < 4.78 is 25.5. The van der Waals surface area contributed by atoms with E-state index in [0.29, 0.717) is 17.1 Å². The first kappa shape index (κ1) is 20.4. The molecule has 144 valence electrons. The Morgan fingerprint density at radius 1 is 1.00 bits per heavy atom. The molecule has 0 aliphatic rings. The summed E-state index contributed by atoms with van der Waals surface area (Å²) >= 11 is 0. The lowest BCUT2D eigenvalue weighted by Crippen LogP contribution is -2.33. The van der Waals surface area contributed by atoms with Gasteiger partial charge in [0.25, 0.3) is 0 Å². The van der Waals surface area contributed by atoms with Crippen molar-refractivity contribution in [3.8, 4) is 0 Å². The predicted molar refractivity (Wildman–Crippen MR) is 107 cm³/mol. The highest BCUT2D eigenvalue weighted by molar-refractivity contribution is 7.92. The molecule has 0 bridgehead atoms. The van der Waals surface area contributed by atoms with Crippen LogP contribution in [0, 0.1) is 6.92 Å². The van der Waals surface area contributed by atoms with E-state index in [0.717, 1.165) is 11.8 Å². The molecule has 7 nitrogen and oxygen atoms in total. The molecular weight excluding hydrogens is 366 g/mol. The van der Waals surface area contributed by atoms with E-state index in [2.05, 4.69) is 10.6 Å². The molecule has 27 heavy (non-hydrogen) atoms. The van der Waals surface area contributed by atoms with E-state index in [1.807, 2.05) is 25.1 Å². The lowest BCUT2D eigenvalue weighted by Gasteiger charge is -2.22. The van der Waals surface area contributed by atoms with Gasteiger partial charge < -0.3 is 10.6 Å². The van der Waals surface area contributed by atoms with Crippen molar-refractivity contribution < 1.29 is 18.0 Å². The van der Waals surface area contributed by atoms with Crippen molar-refractivity contribution >= 4 is 38.9 Å². The van der Waals surface area contributed by atoms with Gasteiger partial charge in [-0.05, 0) is 42.8 Å². The summed E-state index contributed by atoms with van der Waals surface area (Å²) in [6, 6.07) is 13.8. The predicted octanol–water partition coefficient (Wildman–Crippen LogP) is 2.75. The summed E-state index contributed by atoms with van der Waals surface area (Å²) in [5, 5.41) is 5.41. The molecule has 0 atom stereocenters. The van der Waals surface area contributed by atoms with Crippen molar-refractivity contribution in [1.29, 1.82) is 0 Å². The van der Waals surface area contributed by atoms with Gasteiger partial charge in [-0.2, -0.15) is 0 Å². The molecule has 2 amide bonds. The Bertz CT molecular complexity index is 924. The molecule has 2 N–H and O–H groups in total. The molecule has 0 unspecified atom stereocenters. The van der Waals surface area contributed by atoms with E-state index < -0.39 is 10.0 Å². The molecule has 2 aromatic rings. The molecule has 2 aromatic carbocycles. The number of carbonyl (C=O) groups is 2. The third-order valence-electron chi connectivity index (χ3n) is 3.84. The molecule has 0 aromatic heterocycles. The summed E-state index contributed by atoms with van der Waals surface area (Å²) in [5.41, 5.74) is 2.62. The number of benzene rings is 2. The van der Waals surface area contributed by atoms with E-state index >= 15 is 0 Å². The number of nitrogens with one attached hydrogen (secondary N) is 2. The first-order valence-electron chi connectivity index (χ1n) is 8.37. The third kappa shape index (κ3) is 6.10. The van der Waals surface area contributed by atoms with E-state index in [-0.39, 0.29) is 24.8 Å². The number of amides is 2. The summed E-state index contributed by atoms with van der Waals surface area (Å²) in [6.07, 6.45) is 1.10. The van der Waals surface area contributed by atoms with E-state index in [1.165, 1.54) is 11.2 Å². The van der Waals surface area contributed by atoms with Crippen LogP contribution in [0.2, 0.25) is 0 Å². The van der Waals surface area contributed by atoms with Gasteiger partial charge in [-0.3, -0.25) is 13.9 Å². The number of aryl methyl sites for hydroxylation is 1. The second-order valence-corrected chi connectivity index (χ2v) is 8.08. The smallest absolute Gasteiger partial charge is 0.232 e. The Hall–Kier alpha value is -2.87. The van der Waals surface area contributed by atoms with Crippen LogP contribution in [0.25, 0.3) is 0 Å². The molecule has 0 heterocycles. The van der Waals surface area contributed by atoms with Crippen molar-refractivity contribution in [3.05, 3.63) is 54.1 Å². The van der Waals surface area contributed by atoms with Crippen LogP contribution in [0.1, 0.15) is 18.9 Å². The average Bonchev–Trinajstić information content (AvgIpc) is 2.57. The van der Waals surface area contributed by atoms with Gasteiger partial charge in [-0.25, -0.2) is 8.42 Å². The van der Waals surface area contributed by atoms with Crippen molar-refractivity contribution in [3.63, 3.8) is 0 Å². The van der Waals surface area contributed by atoms with Crippen LogP contribution >= 0.6 is 0 Å². The van der Waals surface area contributed by atoms with E-state index in [4.69, 9.17) is 0 Å². The van der Waals surface area contributed by atoms with Gasteiger partial charge in [0.2, 0.25) is 21.8 Å². The molecule has 2 rings (SSSR count). The number of nitrogens with zero attached hydrogens (tertiary/aromatic N) is 1. The maximum absolute atomic E-state index is 12.2. The van der Waals surface area contributed by atoms with Crippen LogP contribution in [-0.2, 0) is 19.6 Å². The number of hydrogen-bond acceptors (Lipinski definition) is 4. The fourth-order valence-electron chi connectivity index (χ4n) is 2.53. The van der Waals surface area contributed by atoms with E-state index in [9.17, 15) is 18.0 Å². The Labute approximate surface area is 159 Å². The van der Waals surface area contributed by atoms with Crippen molar-refractivity contribution in [2.24, 2.45) is 0 Å². The van der Waals surface area contributed by atoms with Gasteiger partial charge in [0.05, 0.1) is 11.9 Å². The quantitative estimate of drug-likeness (QED) is 0.761. The second-order valence-electron chi connectivity index (χ2n) is 6.18. The zero-order valence-electron chi connectivity index (χ0n) is 15.5. The minimum absolute atomic E-state index is 0.00878. The number of sulfonamides is 1. The van der Waals surface area contributed by atoms with Crippen LogP contribution in [0.5, 0.6) is 0 Å². The molecule has 0 saturated carbocycles. The van der Waals surface area contributed by atoms with Crippen LogP contribution < -0.4 is 14.9 Å². The van der Waals surface area contributed by atoms with Crippen molar-refractivity contribution in [1.82, 2.24) is 0 Å². The first-order chi connectivity index (χ1) is 12.7. The van der Waals surface area contributed by atoms with Crippen LogP contribution in [0.4, 0.5) is 17.1 Å². The summed E-state index contributed by atoms with van der Waals surface area (Å²) in [6.45, 7) is 3.29. The molecule has 8 heteroatoms. The largest absolute Gasteiger partial charge is 0.326 e. The van der Waals surface area contributed by atoms with Gasteiger partial charge in [-0.15, -0.1) is 0 Å². The Morgan fingerprint density at radius 3 is 2.19 bits per heavy atom. The Morgan fingerprint density at radius 2 is 1.63 bits per heavy atom. The first-order valence-corrected chi connectivity index (χ1v) is 10.2.